The molecule has 93 valence electrons. The van der Waals surface area contributed by atoms with Crippen LogP contribution in [0.15, 0.2) is 10.7 Å². The van der Waals surface area contributed by atoms with Gasteiger partial charge in [0.15, 0.2) is 14.8 Å². The number of nitrogens with zero attached hydrogens (tertiary/aromatic N) is 1. The molecule has 1 nitrogen and oxygen atoms in total. The molecule has 16 heavy (non-hydrogen) atoms. The van der Waals surface area contributed by atoms with Crippen LogP contribution in [0, 0.1) is 0 Å². The molecular weight excluding hydrogens is 232 g/mol. The van der Waals surface area contributed by atoms with Crippen LogP contribution in [0.1, 0.15) is 27.2 Å². The first-order valence-corrected chi connectivity index (χ1v) is 9.35. The van der Waals surface area contributed by atoms with Gasteiger partial charge < -0.3 is 4.90 Å². The normalized spacial score (nSPS) is 13.3. The Labute approximate surface area is 109 Å². The zero-order valence-electron chi connectivity index (χ0n) is 11.7. The van der Waals surface area contributed by atoms with Gasteiger partial charge in [0.1, 0.15) is 0 Å². The lowest BCUT2D eigenvalue weighted by Gasteiger charge is -2.23. The van der Waals surface area contributed by atoms with Crippen molar-refractivity contribution < 1.29 is 0 Å². The first-order chi connectivity index (χ1) is 7.47. The van der Waals surface area contributed by atoms with Crippen LogP contribution in [0.3, 0.4) is 0 Å². The second kappa shape index (κ2) is 8.38. The van der Waals surface area contributed by atoms with Gasteiger partial charge in [-0.05, 0) is 20.5 Å². The lowest BCUT2D eigenvalue weighted by molar-refractivity contribution is 0.451. The molecule has 0 spiro atoms. The third-order valence-electron chi connectivity index (χ3n) is 3.14. The Bertz CT molecular complexity index is 225. The Balaban J connectivity index is 5.13. The average molecular weight is 259 g/mol. The van der Waals surface area contributed by atoms with Crippen molar-refractivity contribution >= 4 is 25.9 Å². The second-order valence-corrected chi connectivity index (χ2v) is 8.01. The maximum Gasteiger partial charge on any atom is 0.192 e. The molecule has 0 amide bonds. The number of allylic oxidation sites excluding steroid dienone is 1. The van der Waals surface area contributed by atoms with Crippen molar-refractivity contribution in [3.8, 4) is 0 Å². The minimum absolute atomic E-state index is 0.735. The molecule has 1 radical (unpaired) electrons. The molecule has 0 aliphatic rings. The topological polar surface area (TPSA) is 3.24 Å². The molecule has 0 aromatic rings. The van der Waals surface area contributed by atoms with E-state index in [0.717, 1.165) is 19.7 Å². The maximum atomic E-state index is 6.44. The summed E-state index contributed by atoms with van der Waals surface area (Å²) in [5, 5.41) is 1.54. The number of rotatable bonds is 7. The Hall–Kier alpha value is 0.272. The van der Waals surface area contributed by atoms with Gasteiger partial charge in [-0.3, -0.25) is 0 Å². The summed E-state index contributed by atoms with van der Waals surface area (Å²) in [4.78, 5) is 2.24. The zero-order chi connectivity index (χ0) is 12.7. The van der Waals surface area contributed by atoms with Crippen molar-refractivity contribution in [2.45, 2.75) is 46.4 Å². The van der Waals surface area contributed by atoms with E-state index >= 15 is 0 Å². The van der Waals surface area contributed by atoms with Gasteiger partial charge in [0.25, 0.3) is 0 Å². The number of hydrogen-bond donors (Lipinski definition) is 0. The highest BCUT2D eigenvalue weighted by molar-refractivity contribution is 7.10. The van der Waals surface area contributed by atoms with Crippen molar-refractivity contribution in [2.75, 3.05) is 20.6 Å². The Kier molecular flexibility index (Phi) is 8.52. The molecule has 0 saturated heterocycles. The molecule has 0 atom stereocenters. The lowest BCUT2D eigenvalue weighted by atomic mass is 9.40. The van der Waals surface area contributed by atoms with Gasteiger partial charge in [-0.1, -0.05) is 45.2 Å². The van der Waals surface area contributed by atoms with E-state index in [0.29, 0.717) is 0 Å². The standard InChI is InChI=1S/C12H26BClNSi/c1-7-11(13(8-2)9-3)12(16(6)14)10-15(4)5/h7-10H2,1-6H3/b12-11-. The fourth-order valence-corrected chi connectivity index (χ4v) is 4.18. The van der Waals surface area contributed by atoms with E-state index in [1.54, 1.807) is 5.47 Å². The summed E-state index contributed by atoms with van der Waals surface area (Å²) in [5.41, 5.74) is 1.63. The third-order valence-corrected chi connectivity index (χ3v) is 5.13. The summed E-state index contributed by atoms with van der Waals surface area (Å²) in [7, 11) is 3.42. The average Bonchev–Trinajstić information content (AvgIpc) is 2.22. The fraction of sp³-hybridized carbons (Fsp3) is 0.833. The van der Waals surface area contributed by atoms with E-state index in [9.17, 15) is 0 Å². The lowest BCUT2D eigenvalue weighted by Crippen LogP contribution is -2.27. The molecule has 0 unspecified atom stereocenters. The van der Waals surface area contributed by atoms with E-state index in [1.165, 1.54) is 17.8 Å². The Morgan fingerprint density at radius 1 is 1.19 bits per heavy atom. The smallest absolute Gasteiger partial charge is 0.192 e. The molecule has 0 aromatic carbocycles. The van der Waals surface area contributed by atoms with Crippen molar-refractivity contribution in [1.82, 2.24) is 4.90 Å². The molecule has 0 rings (SSSR count). The van der Waals surface area contributed by atoms with Crippen LogP contribution < -0.4 is 0 Å². The Morgan fingerprint density at radius 3 is 1.94 bits per heavy atom. The number of hydrogen-bond acceptors (Lipinski definition) is 1. The fourth-order valence-electron chi connectivity index (χ4n) is 2.28. The van der Waals surface area contributed by atoms with E-state index in [2.05, 4.69) is 46.3 Å². The van der Waals surface area contributed by atoms with E-state index in [-0.39, 0.29) is 0 Å². The molecule has 0 aliphatic heterocycles. The highest BCUT2D eigenvalue weighted by Crippen LogP contribution is 2.22. The molecule has 0 heterocycles. The summed E-state index contributed by atoms with van der Waals surface area (Å²) < 4.78 is 0. The van der Waals surface area contributed by atoms with E-state index in [4.69, 9.17) is 11.1 Å². The van der Waals surface area contributed by atoms with Gasteiger partial charge in [0.2, 0.25) is 0 Å². The van der Waals surface area contributed by atoms with Crippen molar-refractivity contribution in [1.29, 1.82) is 0 Å². The third kappa shape index (κ3) is 5.07. The van der Waals surface area contributed by atoms with Gasteiger partial charge in [-0.25, -0.2) is 0 Å². The number of likely N-dealkylation sites (N-methyl/N-ethyl adjacent to an activating group) is 1. The highest BCUT2D eigenvalue weighted by atomic mass is 35.6. The molecule has 0 aromatic heterocycles. The van der Waals surface area contributed by atoms with Crippen molar-refractivity contribution in [3.63, 3.8) is 0 Å². The number of halogens is 1. The largest absolute Gasteiger partial charge is 0.306 e. The van der Waals surface area contributed by atoms with Crippen LogP contribution in [0.5, 0.6) is 0 Å². The first kappa shape index (κ1) is 16.3. The minimum atomic E-state index is -0.833. The van der Waals surface area contributed by atoms with Crippen molar-refractivity contribution in [2.24, 2.45) is 0 Å². The van der Waals surface area contributed by atoms with Gasteiger partial charge in [-0.2, -0.15) is 11.1 Å². The Morgan fingerprint density at radius 2 is 1.69 bits per heavy atom. The maximum absolute atomic E-state index is 6.44. The van der Waals surface area contributed by atoms with Crippen LogP contribution in [0.2, 0.25) is 19.2 Å². The summed E-state index contributed by atoms with van der Waals surface area (Å²) in [6.45, 7) is 10.8. The van der Waals surface area contributed by atoms with Crippen LogP contribution in [0.25, 0.3) is 0 Å². The van der Waals surface area contributed by atoms with Crippen LogP contribution in [-0.4, -0.2) is 40.4 Å². The van der Waals surface area contributed by atoms with Gasteiger partial charge in [0.05, 0.1) is 0 Å². The van der Waals surface area contributed by atoms with E-state index < -0.39 is 8.11 Å². The summed E-state index contributed by atoms with van der Waals surface area (Å²) >= 11 is 6.44. The second-order valence-electron chi connectivity index (χ2n) is 4.64. The predicted octanol–water partition coefficient (Wildman–Crippen LogP) is 3.73. The summed E-state index contributed by atoms with van der Waals surface area (Å²) in [6.07, 6.45) is 3.63. The first-order valence-electron chi connectivity index (χ1n) is 6.33. The summed E-state index contributed by atoms with van der Waals surface area (Å²) in [6, 6.07) is 0. The summed E-state index contributed by atoms with van der Waals surface area (Å²) in [5.74, 6) is 0. The molecule has 0 saturated carbocycles. The van der Waals surface area contributed by atoms with Crippen LogP contribution in [0.4, 0.5) is 0 Å². The van der Waals surface area contributed by atoms with Crippen molar-refractivity contribution in [3.05, 3.63) is 10.7 Å². The zero-order valence-corrected chi connectivity index (χ0v) is 13.5. The minimum Gasteiger partial charge on any atom is -0.306 e. The van der Waals surface area contributed by atoms with Crippen LogP contribution >= 0.6 is 11.1 Å². The molecule has 4 heteroatoms. The molecule has 0 fully saturated rings. The predicted molar refractivity (Wildman–Crippen MR) is 80.1 cm³/mol. The van der Waals surface area contributed by atoms with Gasteiger partial charge in [-0.15, -0.1) is 5.47 Å². The quantitative estimate of drug-likeness (QED) is 0.497. The van der Waals surface area contributed by atoms with Gasteiger partial charge in [0, 0.05) is 6.54 Å². The monoisotopic (exact) mass is 258 g/mol. The van der Waals surface area contributed by atoms with Crippen LogP contribution in [-0.2, 0) is 0 Å². The SMILES string of the molecule is CCB(CC)/C(CC)=C(/CN(C)C)[Si](C)Cl. The molecule has 0 aliphatic carbocycles. The molecule has 0 N–H and O–H groups in total. The van der Waals surface area contributed by atoms with E-state index in [1.807, 2.05) is 0 Å². The molecule has 0 bridgehead atoms. The van der Waals surface area contributed by atoms with Gasteiger partial charge >= 0.3 is 0 Å². The molecular formula is C12H26BClNSi. The highest BCUT2D eigenvalue weighted by Gasteiger charge is 2.21.